The van der Waals surface area contributed by atoms with Crippen molar-refractivity contribution in [1.82, 2.24) is 14.0 Å². The summed E-state index contributed by atoms with van der Waals surface area (Å²) in [6, 6.07) is 6.53. The molecule has 0 aliphatic carbocycles. The van der Waals surface area contributed by atoms with Crippen molar-refractivity contribution in [2.45, 2.75) is 6.54 Å². The summed E-state index contributed by atoms with van der Waals surface area (Å²) in [6.45, 7) is 2.54. The molecule has 1 saturated heterocycles. The number of halogens is 2. The Morgan fingerprint density at radius 2 is 1.81 bits per heavy atom. The average Bonchev–Trinajstić information content (AvgIpc) is 2.66. The summed E-state index contributed by atoms with van der Waals surface area (Å²) in [5, 5.41) is 9.79. The Bertz CT molecular complexity index is 1010. The Morgan fingerprint density at radius 3 is 2.41 bits per heavy atom. The van der Waals surface area contributed by atoms with Crippen LogP contribution in [0.5, 0.6) is 0 Å². The molecular formula is C18H19ClFN5O2. The van der Waals surface area contributed by atoms with Crippen LogP contribution in [0.15, 0.2) is 27.8 Å². The number of aromatic nitrogens is 2. The third-order valence-corrected chi connectivity index (χ3v) is 5.21. The zero-order valence-corrected chi connectivity index (χ0v) is 15.8. The molecule has 1 fully saturated rings. The molecule has 0 atom stereocenters. The number of nitrogens with zero attached hydrogens (tertiary/aromatic N) is 5. The van der Waals surface area contributed by atoms with Gasteiger partial charge in [0.2, 0.25) is 0 Å². The first-order valence-electron chi connectivity index (χ1n) is 8.45. The van der Waals surface area contributed by atoms with E-state index in [1.807, 2.05) is 15.9 Å². The van der Waals surface area contributed by atoms with Gasteiger partial charge in [-0.1, -0.05) is 17.7 Å². The zero-order chi connectivity index (χ0) is 19.7. The smallest absolute Gasteiger partial charge is 0.332 e. The first-order chi connectivity index (χ1) is 12.8. The maximum Gasteiger partial charge on any atom is 0.332 e. The van der Waals surface area contributed by atoms with E-state index in [1.54, 1.807) is 19.2 Å². The van der Waals surface area contributed by atoms with Crippen LogP contribution in [0.25, 0.3) is 0 Å². The molecule has 0 saturated carbocycles. The van der Waals surface area contributed by atoms with E-state index < -0.39 is 11.2 Å². The average molecular weight is 392 g/mol. The maximum absolute atomic E-state index is 14.0. The van der Waals surface area contributed by atoms with E-state index >= 15 is 0 Å². The van der Waals surface area contributed by atoms with Gasteiger partial charge in [0, 0.05) is 57.4 Å². The summed E-state index contributed by atoms with van der Waals surface area (Å²) in [5.74, 6) is -0.0141. The number of hydrogen-bond donors (Lipinski definition) is 0. The van der Waals surface area contributed by atoms with Crippen LogP contribution < -0.4 is 16.1 Å². The molecule has 0 radical (unpaired) electrons. The van der Waals surface area contributed by atoms with Crippen molar-refractivity contribution in [3.63, 3.8) is 0 Å². The number of nitriles is 1. The van der Waals surface area contributed by atoms with Gasteiger partial charge < -0.3 is 4.90 Å². The van der Waals surface area contributed by atoms with Crippen molar-refractivity contribution >= 4 is 17.4 Å². The predicted octanol–water partition coefficient (Wildman–Crippen LogP) is 1.07. The molecule has 0 spiro atoms. The van der Waals surface area contributed by atoms with Crippen LogP contribution >= 0.6 is 11.6 Å². The Morgan fingerprint density at radius 1 is 1.15 bits per heavy atom. The predicted molar refractivity (Wildman–Crippen MR) is 101 cm³/mol. The van der Waals surface area contributed by atoms with Gasteiger partial charge in [0.1, 0.15) is 17.7 Å². The van der Waals surface area contributed by atoms with Gasteiger partial charge in [-0.25, -0.2) is 9.18 Å². The van der Waals surface area contributed by atoms with Crippen LogP contribution in [0.3, 0.4) is 0 Å². The molecule has 1 aliphatic heterocycles. The molecule has 1 aromatic heterocycles. The zero-order valence-electron chi connectivity index (χ0n) is 15.1. The highest BCUT2D eigenvalue weighted by Gasteiger charge is 2.25. The highest BCUT2D eigenvalue weighted by Crippen LogP contribution is 2.23. The van der Waals surface area contributed by atoms with E-state index in [9.17, 15) is 19.2 Å². The third-order valence-electron chi connectivity index (χ3n) is 4.86. The molecule has 0 N–H and O–H groups in total. The molecule has 7 nitrogen and oxygen atoms in total. The van der Waals surface area contributed by atoms with Gasteiger partial charge in [0.25, 0.3) is 5.56 Å². The summed E-state index contributed by atoms with van der Waals surface area (Å²) in [5.41, 5.74) is -0.678. The van der Waals surface area contributed by atoms with E-state index in [0.717, 1.165) is 4.57 Å². The Hall–Kier alpha value is -2.63. The number of piperazine rings is 1. The minimum Gasteiger partial charge on any atom is -0.354 e. The van der Waals surface area contributed by atoms with E-state index in [0.29, 0.717) is 49.1 Å². The molecule has 1 aromatic carbocycles. The van der Waals surface area contributed by atoms with Crippen molar-refractivity contribution in [3.05, 3.63) is 61.0 Å². The normalized spacial score (nSPS) is 15.0. The van der Waals surface area contributed by atoms with Gasteiger partial charge in [0.05, 0.1) is 0 Å². The Balaban J connectivity index is 1.82. The molecule has 2 aromatic rings. The van der Waals surface area contributed by atoms with Crippen LogP contribution in [0.1, 0.15) is 11.1 Å². The molecule has 0 amide bonds. The largest absolute Gasteiger partial charge is 0.354 e. The van der Waals surface area contributed by atoms with Gasteiger partial charge in [-0.2, -0.15) is 5.26 Å². The summed E-state index contributed by atoms with van der Waals surface area (Å²) >= 11 is 6.10. The minimum absolute atomic E-state index is 0.0507. The van der Waals surface area contributed by atoms with E-state index in [1.165, 1.54) is 17.7 Å². The summed E-state index contributed by atoms with van der Waals surface area (Å²) in [7, 11) is 2.90. The molecule has 3 rings (SSSR count). The van der Waals surface area contributed by atoms with Crippen LogP contribution in [0.2, 0.25) is 5.02 Å². The first kappa shape index (κ1) is 19.1. The molecule has 142 valence electrons. The topological polar surface area (TPSA) is 74.3 Å². The van der Waals surface area contributed by atoms with Crippen molar-refractivity contribution in [1.29, 1.82) is 5.26 Å². The van der Waals surface area contributed by atoms with Crippen molar-refractivity contribution in [3.8, 4) is 6.07 Å². The van der Waals surface area contributed by atoms with Crippen LogP contribution in [-0.4, -0.2) is 40.2 Å². The second-order valence-corrected chi connectivity index (χ2v) is 6.89. The van der Waals surface area contributed by atoms with Gasteiger partial charge in [-0.3, -0.25) is 18.8 Å². The molecule has 2 heterocycles. The van der Waals surface area contributed by atoms with E-state index in [-0.39, 0.29) is 11.4 Å². The molecule has 0 bridgehead atoms. The fourth-order valence-corrected chi connectivity index (χ4v) is 3.55. The number of benzene rings is 1. The van der Waals surface area contributed by atoms with Crippen molar-refractivity contribution < 1.29 is 4.39 Å². The molecule has 0 unspecified atom stereocenters. The highest BCUT2D eigenvalue weighted by molar-refractivity contribution is 6.31. The lowest BCUT2D eigenvalue weighted by molar-refractivity contribution is 0.245. The molecule has 1 aliphatic rings. The van der Waals surface area contributed by atoms with Crippen molar-refractivity contribution in [2.75, 3.05) is 31.1 Å². The van der Waals surface area contributed by atoms with E-state index in [4.69, 9.17) is 11.6 Å². The van der Waals surface area contributed by atoms with Crippen LogP contribution in [-0.2, 0) is 20.6 Å². The summed E-state index contributed by atoms with van der Waals surface area (Å²) < 4.78 is 16.2. The van der Waals surface area contributed by atoms with Gasteiger partial charge in [-0.05, 0) is 12.1 Å². The number of hydrogen-bond acceptors (Lipinski definition) is 5. The van der Waals surface area contributed by atoms with Crippen molar-refractivity contribution in [2.24, 2.45) is 14.1 Å². The van der Waals surface area contributed by atoms with E-state index in [2.05, 4.69) is 0 Å². The first-order valence-corrected chi connectivity index (χ1v) is 8.83. The van der Waals surface area contributed by atoms with Gasteiger partial charge in [0.15, 0.2) is 5.56 Å². The lowest BCUT2D eigenvalue weighted by Gasteiger charge is -2.37. The lowest BCUT2D eigenvalue weighted by atomic mass is 10.1. The standard InChI is InChI=1S/C18H19ClFN5O2/c1-22-16(12(10-21)17(26)23(2)18(22)27)25-8-6-24(7-9-25)11-13-14(19)4-3-5-15(13)20/h3-5H,6-9,11H2,1-2H3. The minimum atomic E-state index is -0.601. The monoisotopic (exact) mass is 391 g/mol. The Labute approximate surface area is 160 Å². The number of rotatable bonds is 3. The molecule has 27 heavy (non-hydrogen) atoms. The van der Waals surface area contributed by atoms with Crippen LogP contribution in [0.4, 0.5) is 10.2 Å². The summed E-state index contributed by atoms with van der Waals surface area (Å²) in [6.07, 6.45) is 0. The van der Waals surface area contributed by atoms with Gasteiger partial charge in [-0.15, -0.1) is 0 Å². The highest BCUT2D eigenvalue weighted by atomic mass is 35.5. The fraction of sp³-hybridized carbons (Fsp3) is 0.389. The lowest BCUT2D eigenvalue weighted by Crippen LogP contribution is -2.50. The molecule has 9 heteroatoms. The second-order valence-electron chi connectivity index (χ2n) is 6.48. The van der Waals surface area contributed by atoms with Crippen LogP contribution in [0, 0.1) is 17.1 Å². The second kappa shape index (κ2) is 7.55. The number of anilines is 1. The maximum atomic E-state index is 14.0. The fourth-order valence-electron chi connectivity index (χ4n) is 3.33. The summed E-state index contributed by atoms with van der Waals surface area (Å²) in [4.78, 5) is 28.4. The Kier molecular flexibility index (Phi) is 5.35. The quantitative estimate of drug-likeness (QED) is 0.782. The SMILES string of the molecule is Cn1c(N2CCN(Cc3c(F)cccc3Cl)CC2)c(C#N)c(=O)n(C)c1=O. The van der Waals surface area contributed by atoms with Gasteiger partial charge >= 0.3 is 5.69 Å². The third kappa shape index (κ3) is 3.48. The molecular weight excluding hydrogens is 373 g/mol.